The van der Waals surface area contributed by atoms with Gasteiger partial charge in [-0.3, -0.25) is 9.20 Å². The van der Waals surface area contributed by atoms with Gasteiger partial charge >= 0.3 is 0 Å². The van der Waals surface area contributed by atoms with E-state index in [0.29, 0.717) is 5.65 Å². The third kappa shape index (κ3) is 1.46. The van der Waals surface area contributed by atoms with E-state index in [1.807, 2.05) is 19.9 Å². The van der Waals surface area contributed by atoms with Crippen molar-refractivity contribution < 1.29 is 0 Å². The number of hydrogen-bond donors (Lipinski definition) is 0. The van der Waals surface area contributed by atoms with E-state index in [4.69, 9.17) is 0 Å². The summed E-state index contributed by atoms with van der Waals surface area (Å²) in [7, 11) is 0. The van der Waals surface area contributed by atoms with Crippen molar-refractivity contribution in [2.24, 2.45) is 0 Å². The standard InChI is InChI=1S/C10H9BrN2O/c1-6-3-9-12-7(2)4-10(14)13(9)5-8(6)11/h3-5H,1-2H3. The van der Waals surface area contributed by atoms with Crippen LogP contribution in [-0.4, -0.2) is 9.38 Å². The summed E-state index contributed by atoms with van der Waals surface area (Å²) >= 11 is 3.38. The number of rotatable bonds is 0. The predicted molar refractivity (Wildman–Crippen MR) is 58.6 cm³/mol. The smallest absolute Gasteiger partial charge is 0.258 e. The second-order valence-electron chi connectivity index (χ2n) is 3.27. The van der Waals surface area contributed by atoms with E-state index < -0.39 is 0 Å². The number of aryl methyl sites for hydroxylation is 2. The molecule has 0 aromatic carbocycles. The molecule has 0 fully saturated rings. The molecule has 0 amide bonds. The lowest BCUT2D eigenvalue weighted by Gasteiger charge is -2.03. The van der Waals surface area contributed by atoms with E-state index in [2.05, 4.69) is 20.9 Å². The molecule has 2 heterocycles. The molecule has 0 spiro atoms. The Morgan fingerprint density at radius 2 is 2.07 bits per heavy atom. The van der Waals surface area contributed by atoms with Crippen LogP contribution in [0.1, 0.15) is 11.3 Å². The van der Waals surface area contributed by atoms with Gasteiger partial charge in [-0.1, -0.05) is 0 Å². The second-order valence-corrected chi connectivity index (χ2v) is 4.12. The minimum absolute atomic E-state index is 0.0480. The van der Waals surface area contributed by atoms with E-state index in [1.165, 1.54) is 10.5 Å². The molecule has 2 aromatic heterocycles. The Balaban J connectivity index is 2.96. The lowest BCUT2D eigenvalue weighted by molar-refractivity contribution is 1.01. The Morgan fingerprint density at radius 3 is 2.79 bits per heavy atom. The van der Waals surface area contributed by atoms with E-state index in [-0.39, 0.29) is 5.56 Å². The highest BCUT2D eigenvalue weighted by Crippen LogP contribution is 2.15. The summed E-state index contributed by atoms with van der Waals surface area (Å²) in [6.07, 6.45) is 1.75. The van der Waals surface area contributed by atoms with Gasteiger partial charge in [-0.05, 0) is 41.4 Å². The van der Waals surface area contributed by atoms with E-state index >= 15 is 0 Å². The van der Waals surface area contributed by atoms with Crippen molar-refractivity contribution >= 4 is 21.6 Å². The van der Waals surface area contributed by atoms with Crippen LogP contribution in [0.25, 0.3) is 5.65 Å². The molecular weight excluding hydrogens is 244 g/mol. The summed E-state index contributed by atoms with van der Waals surface area (Å²) in [6, 6.07) is 3.41. The van der Waals surface area contributed by atoms with Crippen LogP contribution >= 0.6 is 15.9 Å². The predicted octanol–water partition coefficient (Wildman–Crippen LogP) is 2.07. The summed E-state index contributed by atoms with van der Waals surface area (Å²) in [6.45, 7) is 3.79. The number of hydrogen-bond acceptors (Lipinski definition) is 2. The van der Waals surface area contributed by atoms with Crippen molar-refractivity contribution in [1.29, 1.82) is 0 Å². The van der Waals surface area contributed by atoms with Gasteiger partial charge < -0.3 is 0 Å². The zero-order chi connectivity index (χ0) is 10.3. The average Bonchev–Trinajstić information content (AvgIpc) is 2.08. The Hall–Kier alpha value is -1.16. The number of halogens is 1. The zero-order valence-corrected chi connectivity index (χ0v) is 9.50. The highest BCUT2D eigenvalue weighted by molar-refractivity contribution is 9.10. The van der Waals surface area contributed by atoms with Crippen molar-refractivity contribution in [3.8, 4) is 0 Å². The lowest BCUT2D eigenvalue weighted by Crippen LogP contribution is -2.14. The van der Waals surface area contributed by atoms with Crippen molar-refractivity contribution in [1.82, 2.24) is 9.38 Å². The maximum atomic E-state index is 11.6. The topological polar surface area (TPSA) is 34.4 Å². The first-order valence-corrected chi connectivity index (χ1v) is 5.03. The van der Waals surface area contributed by atoms with Crippen LogP contribution < -0.4 is 5.56 Å². The highest BCUT2D eigenvalue weighted by atomic mass is 79.9. The third-order valence-corrected chi connectivity index (χ3v) is 2.90. The van der Waals surface area contributed by atoms with Gasteiger partial charge in [-0.2, -0.15) is 0 Å². The SMILES string of the molecule is Cc1cc(=O)n2cc(Br)c(C)cc2n1. The molecule has 3 nitrogen and oxygen atoms in total. The first-order valence-electron chi connectivity index (χ1n) is 4.24. The fourth-order valence-electron chi connectivity index (χ4n) is 1.34. The normalized spacial score (nSPS) is 10.8. The first kappa shape index (κ1) is 9.40. The largest absolute Gasteiger partial charge is 0.269 e. The quantitative estimate of drug-likeness (QED) is 0.720. The van der Waals surface area contributed by atoms with Gasteiger partial charge in [0.15, 0.2) is 0 Å². The maximum Gasteiger partial charge on any atom is 0.258 e. The van der Waals surface area contributed by atoms with Gasteiger partial charge in [0, 0.05) is 22.4 Å². The summed E-state index contributed by atoms with van der Waals surface area (Å²) in [5.41, 5.74) is 2.46. The second kappa shape index (κ2) is 3.20. The fraction of sp³-hybridized carbons (Fsp3) is 0.200. The first-order chi connectivity index (χ1) is 6.58. The van der Waals surface area contributed by atoms with E-state index in [0.717, 1.165) is 15.7 Å². The summed E-state index contributed by atoms with van der Waals surface area (Å²) in [4.78, 5) is 15.8. The summed E-state index contributed by atoms with van der Waals surface area (Å²) in [5, 5.41) is 0. The number of nitrogens with zero attached hydrogens (tertiary/aromatic N) is 2. The number of fused-ring (bicyclic) bond motifs is 1. The van der Waals surface area contributed by atoms with Crippen LogP contribution in [0.5, 0.6) is 0 Å². The van der Waals surface area contributed by atoms with Crippen LogP contribution in [0.2, 0.25) is 0 Å². The monoisotopic (exact) mass is 252 g/mol. The summed E-state index contributed by atoms with van der Waals surface area (Å²) < 4.78 is 2.45. The molecule has 14 heavy (non-hydrogen) atoms. The van der Waals surface area contributed by atoms with Crippen LogP contribution in [0.15, 0.2) is 27.6 Å². The van der Waals surface area contributed by atoms with Crippen LogP contribution in [0.3, 0.4) is 0 Å². The molecule has 0 aliphatic rings. The van der Waals surface area contributed by atoms with Crippen molar-refractivity contribution in [3.05, 3.63) is 44.4 Å². The van der Waals surface area contributed by atoms with Crippen LogP contribution in [-0.2, 0) is 0 Å². The highest BCUT2D eigenvalue weighted by Gasteiger charge is 2.02. The van der Waals surface area contributed by atoms with Crippen LogP contribution in [0.4, 0.5) is 0 Å². The molecule has 0 atom stereocenters. The van der Waals surface area contributed by atoms with Gasteiger partial charge in [-0.15, -0.1) is 0 Å². The zero-order valence-electron chi connectivity index (χ0n) is 7.91. The number of pyridine rings is 1. The van der Waals surface area contributed by atoms with Gasteiger partial charge in [-0.25, -0.2) is 4.98 Å². The van der Waals surface area contributed by atoms with Gasteiger partial charge in [0.2, 0.25) is 0 Å². The number of aromatic nitrogens is 2. The van der Waals surface area contributed by atoms with Crippen molar-refractivity contribution in [2.75, 3.05) is 0 Å². The third-order valence-electron chi connectivity index (χ3n) is 2.07. The Labute approximate surface area is 89.5 Å². The van der Waals surface area contributed by atoms with Gasteiger partial charge in [0.05, 0.1) is 0 Å². The van der Waals surface area contributed by atoms with E-state index in [1.54, 1.807) is 6.20 Å². The van der Waals surface area contributed by atoms with Gasteiger partial charge in [0.1, 0.15) is 5.65 Å². The fourth-order valence-corrected chi connectivity index (χ4v) is 1.66. The van der Waals surface area contributed by atoms with Crippen molar-refractivity contribution in [3.63, 3.8) is 0 Å². The van der Waals surface area contributed by atoms with Crippen molar-refractivity contribution in [2.45, 2.75) is 13.8 Å². The molecule has 2 rings (SSSR count). The van der Waals surface area contributed by atoms with Gasteiger partial charge in [0.25, 0.3) is 5.56 Å². The molecule has 0 saturated carbocycles. The molecule has 2 aromatic rings. The Kier molecular flexibility index (Phi) is 2.15. The molecule has 0 saturated heterocycles. The molecule has 72 valence electrons. The average molecular weight is 253 g/mol. The lowest BCUT2D eigenvalue weighted by atomic mass is 10.3. The summed E-state index contributed by atoms with van der Waals surface area (Å²) in [5.74, 6) is 0. The molecule has 0 N–H and O–H groups in total. The van der Waals surface area contributed by atoms with E-state index in [9.17, 15) is 4.79 Å². The molecule has 0 unspecified atom stereocenters. The molecule has 0 bridgehead atoms. The molecule has 4 heteroatoms. The Morgan fingerprint density at radius 1 is 1.36 bits per heavy atom. The van der Waals surface area contributed by atoms with Crippen LogP contribution in [0, 0.1) is 13.8 Å². The Bertz CT molecular complexity index is 560. The minimum Gasteiger partial charge on any atom is -0.269 e. The molecular formula is C10H9BrN2O. The molecule has 0 aliphatic heterocycles. The molecule has 0 radical (unpaired) electrons. The molecule has 0 aliphatic carbocycles. The maximum absolute atomic E-state index is 11.6. The minimum atomic E-state index is -0.0480.